The molecule has 1 spiro atoms. The maximum Gasteiger partial charge on any atom is 0.325 e. The number of nitrogens with one attached hydrogen (secondary N) is 2. The zero-order valence-electron chi connectivity index (χ0n) is 17.3. The van der Waals surface area contributed by atoms with Crippen molar-refractivity contribution in [3.05, 3.63) is 83.9 Å². The number of aromatic nitrogens is 3. The van der Waals surface area contributed by atoms with E-state index in [-0.39, 0.29) is 12.5 Å². The number of rotatable bonds is 6. The summed E-state index contributed by atoms with van der Waals surface area (Å²) in [5, 5.41) is 9.89. The maximum absolute atomic E-state index is 13.3. The maximum atomic E-state index is 13.3. The Balaban J connectivity index is 1.33. The Morgan fingerprint density at radius 1 is 1.12 bits per heavy atom. The molecule has 5 rings (SSSR count). The standard InChI is InChI=1S/C23H22N6O3/c30-20(26-19(12-28-15-24-14-25-28)17-7-2-1-3-8-17)13-29-21(31)23(27-22(29)32)11-10-16-6-4-5-9-18(16)23/h1-9,14-15,19H,10-13H2,(H,26,30)(H,27,32). The molecule has 9 nitrogen and oxygen atoms in total. The van der Waals surface area contributed by atoms with Crippen LogP contribution in [0.5, 0.6) is 0 Å². The third-order valence-electron chi connectivity index (χ3n) is 6.10. The van der Waals surface area contributed by atoms with Crippen molar-refractivity contribution in [3.8, 4) is 0 Å². The Hall–Kier alpha value is -4.01. The molecule has 2 N–H and O–H groups in total. The summed E-state index contributed by atoms with van der Waals surface area (Å²) in [6.45, 7) is 0.0164. The first kappa shape index (κ1) is 19.9. The molecule has 2 heterocycles. The summed E-state index contributed by atoms with van der Waals surface area (Å²) in [7, 11) is 0. The van der Waals surface area contributed by atoms with Gasteiger partial charge in [-0.2, -0.15) is 5.10 Å². The average Bonchev–Trinajstić information content (AvgIpc) is 3.51. The van der Waals surface area contributed by atoms with Gasteiger partial charge in [-0.3, -0.25) is 19.2 Å². The molecule has 1 saturated heterocycles. The van der Waals surface area contributed by atoms with E-state index in [0.29, 0.717) is 19.4 Å². The summed E-state index contributed by atoms with van der Waals surface area (Å²) in [5.74, 6) is -0.805. The molecule has 1 aliphatic heterocycles. The van der Waals surface area contributed by atoms with Crippen molar-refractivity contribution in [2.75, 3.05) is 6.54 Å². The van der Waals surface area contributed by atoms with Gasteiger partial charge >= 0.3 is 6.03 Å². The van der Waals surface area contributed by atoms with E-state index in [9.17, 15) is 14.4 Å². The minimum absolute atomic E-state index is 0.352. The van der Waals surface area contributed by atoms with E-state index in [0.717, 1.165) is 21.6 Å². The fourth-order valence-corrected chi connectivity index (χ4v) is 4.55. The summed E-state index contributed by atoms with van der Waals surface area (Å²) < 4.78 is 1.62. The first-order chi connectivity index (χ1) is 15.6. The predicted molar refractivity (Wildman–Crippen MR) is 114 cm³/mol. The highest BCUT2D eigenvalue weighted by molar-refractivity contribution is 6.09. The highest BCUT2D eigenvalue weighted by atomic mass is 16.2. The van der Waals surface area contributed by atoms with Crippen molar-refractivity contribution in [2.45, 2.75) is 31.0 Å². The Morgan fingerprint density at radius 2 is 1.91 bits per heavy atom. The van der Waals surface area contributed by atoms with Crippen LogP contribution in [-0.2, 0) is 28.1 Å². The molecule has 1 aromatic heterocycles. The first-order valence-corrected chi connectivity index (χ1v) is 10.5. The highest BCUT2D eigenvalue weighted by Crippen LogP contribution is 2.41. The Labute approximate surface area is 184 Å². The lowest BCUT2D eigenvalue weighted by molar-refractivity contribution is -0.135. The molecule has 3 aromatic rings. The lowest BCUT2D eigenvalue weighted by Crippen LogP contribution is -2.44. The SMILES string of the molecule is O=C(CN1C(=O)NC2(CCc3ccccc32)C1=O)NC(Cn1cncn1)c1ccccc1. The molecule has 162 valence electrons. The number of amides is 4. The second kappa shape index (κ2) is 7.92. The number of carbonyl (C=O) groups excluding carboxylic acids is 3. The van der Waals surface area contributed by atoms with Crippen molar-refractivity contribution in [3.63, 3.8) is 0 Å². The second-order valence-electron chi connectivity index (χ2n) is 8.03. The smallest absolute Gasteiger partial charge is 0.325 e. The Morgan fingerprint density at radius 3 is 2.69 bits per heavy atom. The van der Waals surface area contributed by atoms with Crippen molar-refractivity contribution in [1.82, 2.24) is 30.3 Å². The molecule has 2 atom stereocenters. The van der Waals surface area contributed by atoms with E-state index in [1.165, 1.54) is 6.33 Å². The van der Waals surface area contributed by atoms with Crippen LogP contribution < -0.4 is 10.6 Å². The lowest BCUT2D eigenvalue weighted by Gasteiger charge is -2.23. The molecule has 1 aliphatic carbocycles. The van der Waals surface area contributed by atoms with Gasteiger partial charge in [-0.1, -0.05) is 54.6 Å². The topological polar surface area (TPSA) is 109 Å². The number of benzene rings is 2. The third kappa shape index (κ3) is 3.41. The average molecular weight is 430 g/mol. The van der Waals surface area contributed by atoms with Gasteiger partial charge in [0.1, 0.15) is 24.7 Å². The third-order valence-corrected chi connectivity index (χ3v) is 6.10. The van der Waals surface area contributed by atoms with Gasteiger partial charge in [0.25, 0.3) is 5.91 Å². The van der Waals surface area contributed by atoms with Crippen LogP contribution in [0.15, 0.2) is 67.3 Å². The number of imide groups is 1. The zero-order valence-corrected chi connectivity index (χ0v) is 17.3. The summed E-state index contributed by atoms with van der Waals surface area (Å²) in [5.41, 5.74) is 1.67. The fraction of sp³-hybridized carbons (Fsp3) is 0.261. The first-order valence-electron chi connectivity index (χ1n) is 10.5. The fourth-order valence-electron chi connectivity index (χ4n) is 4.55. The molecule has 32 heavy (non-hydrogen) atoms. The van der Waals surface area contributed by atoms with Gasteiger partial charge in [-0.25, -0.2) is 9.78 Å². The van der Waals surface area contributed by atoms with Crippen molar-refractivity contribution in [1.29, 1.82) is 0 Å². The molecule has 1 fully saturated rings. The van der Waals surface area contributed by atoms with Gasteiger partial charge in [0.15, 0.2) is 0 Å². The van der Waals surface area contributed by atoms with Crippen LogP contribution in [0.4, 0.5) is 4.79 Å². The molecule has 0 radical (unpaired) electrons. The number of hydrogen-bond donors (Lipinski definition) is 2. The summed E-state index contributed by atoms with van der Waals surface area (Å²) in [4.78, 5) is 43.9. The van der Waals surface area contributed by atoms with Crippen LogP contribution in [0.1, 0.15) is 29.2 Å². The van der Waals surface area contributed by atoms with Crippen LogP contribution >= 0.6 is 0 Å². The number of hydrogen-bond acceptors (Lipinski definition) is 5. The molecule has 0 bridgehead atoms. The van der Waals surface area contributed by atoms with Gasteiger partial charge in [-0.05, 0) is 29.5 Å². The summed E-state index contributed by atoms with van der Waals surface area (Å²) >= 11 is 0. The Kier molecular flexibility index (Phi) is 4.93. The van der Waals surface area contributed by atoms with Crippen LogP contribution in [0, 0.1) is 0 Å². The lowest BCUT2D eigenvalue weighted by atomic mass is 9.92. The molecule has 0 saturated carbocycles. The molecule has 2 aliphatic rings. The van der Waals surface area contributed by atoms with E-state index in [1.807, 2.05) is 54.6 Å². The van der Waals surface area contributed by atoms with E-state index in [1.54, 1.807) is 11.0 Å². The molecular formula is C23H22N6O3. The van der Waals surface area contributed by atoms with E-state index >= 15 is 0 Å². The Bertz CT molecular complexity index is 1160. The van der Waals surface area contributed by atoms with Crippen LogP contribution in [0.25, 0.3) is 0 Å². The monoisotopic (exact) mass is 430 g/mol. The van der Waals surface area contributed by atoms with E-state index in [2.05, 4.69) is 20.7 Å². The number of carbonyl (C=O) groups is 3. The summed E-state index contributed by atoms with van der Waals surface area (Å²) in [6.07, 6.45) is 4.20. The van der Waals surface area contributed by atoms with E-state index < -0.39 is 23.5 Å². The number of urea groups is 1. The zero-order chi connectivity index (χ0) is 22.1. The predicted octanol–water partition coefficient (Wildman–Crippen LogP) is 1.53. The number of nitrogens with zero attached hydrogens (tertiary/aromatic N) is 4. The molecule has 2 unspecified atom stereocenters. The van der Waals surface area contributed by atoms with Crippen LogP contribution in [0.2, 0.25) is 0 Å². The molecule has 2 aromatic carbocycles. The largest absolute Gasteiger partial charge is 0.346 e. The van der Waals surface area contributed by atoms with Gasteiger partial charge in [0.2, 0.25) is 5.91 Å². The van der Waals surface area contributed by atoms with Gasteiger partial charge in [0, 0.05) is 0 Å². The second-order valence-corrected chi connectivity index (χ2v) is 8.03. The number of fused-ring (bicyclic) bond motifs is 2. The minimum atomic E-state index is -1.08. The number of aryl methyl sites for hydroxylation is 1. The van der Waals surface area contributed by atoms with Crippen molar-refractivity contribution < 1.29 is 14.4 Å². The highest BCUT2D eigenvalue weighted by Gasteiger charge is 2.55. The quantitative estimate of drug-likeness (QED) is 0.577. The molecule has 9 heteroatoms. The molecular weight excluding hydrogens is 408 g/mol. The van der Waals surface area contributed by atoms with Gasteiger partial charge in [0.05, 0.1) is 12.6 Å². The van der Waals surface area contributed by atoms with Crippen molar-refractivity contribution >= 4 is 17.8 Å². The van der Waals surface area contributed by atoms with Gasteiger partial charge in [-0.15, -0.1) is 0 Å². The minimum Gasteiger partial charge on any atom is -0.346 e. The van der Waals surface area contributed by atoms with Crippen molar-refractivity contribution in [2.24, 2.45) is 0 Å². The normalized spacial score (nSPS) is 20.3. The summed E-state index contributed by atoms with van der Waals surface area (Å²) in [6, 6.07) is 16.1. The molecule has 4 amide bonds. The van der Waals surface area contributed by atoms with Crippen LogP contribution in [0.3, 0.4) is 0 Å². The van der Waals surface area contributed by atoms with E-state index in [4.69, 9.17) is 0 Å². The van der Waals surface area contributed by atoms with Crippen LogP contribution in [-0.4, -0.2) is 44.1 Å². The van der Waals surface area contributed by atoms with Gasteiger partial charge < -0.3 is 10.6 Å².